The summed E-state index contributed by atoms with van der Waals surface area (Å²) in [5, 5.41) is 0. The lowest BCUT2D eigenvalue weighted by atomic mass is 10.1. The molecule has 1 aliphatic heterocycles. The molecule has 11 heteroatoms. The summed E-state index contributed by atoms with van der Waals surface area (Å²) in [6, 6.07) is 6.34. The van der Waals surface area contributed by atoms with Gasteiger partial charge in [0.15, 0.2) is 0 Å². The van der Waals surface area contributed by atoms with Gasteiger partial charge >= 0.3 is 11.5 Å². The molecule has 1 saturated carbocycles. The van der Waals surface area contributed by atoms with Crippen LogP contribution in [0.5, 0.6) is 0 Å². The standard InChI is InChI=1S/C22H22F3N3O4S/c1-13(2)10-15-11-17(8-9-26-15)28-20(30)27(19(29)21(28)12-14(21)3)16-4-6-18(7-5-16)33(31,32)22(23,24)25/h4-9,11,13-14H,10,12H2,1-3H3. The fourth-order valence-electron chi connectivity index (χ4n) is 4.28. The van der Waals surface area contributed by atoms with E-state index in [1.807, 2.05) is 20.8 Å². The lowest BCUT2D eigenvalue weighted by molar-refractivity contribution is -0.119. The van der Waals surface area contributed by atoms with Crippen molar-refractivity contribution in [2.75, 3.05) is 9.80 Å². The van der Waals surface area contributed by atoms with Gasteiger partial charge in [0.2, 0.25) is 0 Å². The molecule has 4 rings (SSSR count). The van der Waals surface area contributed by atoms with Gasteiger partial charge in [-0.05, 0) is 61.1 Å². The van der Waals surface area contributed by atoms with Gasteiger partial charge in [-0.2, -0.15) is 13.2 Å². The van der Waals surface area contributed by atoms with Gasteiger partial charge in [-0.25, -0.2) is 18.1 Å². The van der Waals surface area contributed by atoms with Gasteiger partial charge in [0, 0.05) is 17.6 Å². The monoisotopic (exact) mass is 481 g/mol. The van der Waals surface area contributed by atoms with E-state index in [1.165, 1.54) is 4.90 Å². The predicted molar refractivity (Wildman–Crippen MR) is 114 cm³/mol. The number of carbonyl (C=O) groups excluding carboxylic acids is 2. The van der Waals surface area contributed by atoms with E-state index >= 15 is 0 Å². The topological polar surface area (TPSA) is 87.7 Å². The quantitative estimate of drug-likeness (QED) is 0.594. The molecule has 3 amide bonds. The van der Waals surface area contributed by atoms with Gasteiger partial charge in [0.1, 0.15) is 5.54 Å². The lowest BCUT2D eigenvalue weighted by Crippen LogP contribution is -2.39. The van der Waals surface area contributed by atoms with Crippen LogP contribution in [0.2, 0.25) is 0 Å². The van der Waals surface area contributed by atoms with Crippen LogP contribution in [-0.4, -0.2) is 36.4 Å². The number of anilines is 2. The van der Waals surface area contributed by atoms with Gasteiger partial charge in [-0.1, -0.05) is 20.8 Å². The molecule has 2 heterocycles. The van der Waals surface area contributed by atoms with Crippen molar-refractivity contribution in [2.45, 2.75) is 49.6 Å². The Morgan fingerprint density at radius 2 is 1.73 bits per heavy atom. The zero-order chi connectivity index (χ0) is 24.3. The number of amides is 3. The van der Waals surface area contributed by atoms with Gasteiger partial charge in [0.25, 0.3) is 15.7 Å². The normalized spacial score (nSPS) is 23.2. The third-order valence-corrected chi connectivity index (χ3v) is 7.52. The van der Waals surface area contributed by atoms with Crippen LogP contribution in [0.1, 0.15) is 32.9 Å². The molecule has 1 spiro atoms. The van der Waals surface area contributed by atoms with E-state index in [0.29, 0.717) is 24.4 Å². The molecule has 1 aromatic heterocycles. The number of imide groups is 1. The first kappa shape index (κ1) is 23.2. The number of aromatic nitrogens is 1. The maximum absolute atomic E-state index is 13.4. The number of pyridine rings is 1. The van der Waals surface area contributed by atoms with Crippen LogP contribution in [0.3, 0.4) is 0 Å². The highest BCUT2D eigenvalue weighted by molar-refractivity contribution is 7.92. The Kier molecular flexibility index (Phi) is 5.31. The van der Waals surface area contributed by atoms with Crippen molar-refractivity contribution in [2.24, 2.45) is 11.8 Å². The third kappa shape index (κ3) is 3.58. The van der Waals surface area contributed by atoms with Crippen LogP contribution in [0.15, 0.2) is 47.5 Å². The maximum atomic E-state index is 13.4. The molecule has 2 aromatic rings. The fraction of sp³-hybridized carbons (Fsp3) is 0.409. The van der Waals surface area contributed by atoms with Crippen molar-refractivity contribution in [3.63, 3.8) is 0 Å². The SMILES string of the molecule is CC(C)Cc1cc(N2C(=O)N(c3ccc(S(=O)(=O)C(F)(F)F)cc3)C(=O)C23CC3C)ccn1. The molecule has 0 bridgehead atoms. The van der Waals surface area contributed by atoms with E-state index in [-0.39, 0.29) is 11.6 Å². The fourth-order valence-corrected chi connectivity index (χ4v) is 5.04. The van der Waals surface area contributed by atoms with Crippen LogP contribution in [0.25, 0.3) is 0 Å². The molecule has 2 atom stereocenters. The van der Waals surface area contributed by atoms with E-state index in [1.54, 1.807) is 18.3 Å². The number of benzene rings is 1. The highest BCUT2D eigenvalue weighted by Crippen LogP contribution is 2.55. The smallest absolute Gasteiger partial charge is 0.278 e. The largest absolute Gasteiger partial charge is 0.501 e. The summed E-state index contributed by atoms with van der Waals surface area (Å²) in [6.45, 7) is 5.92. The average molecular weight is 481 g/mol. The Hall–Kier alpha value is -2.95. The number of hydrogen-bond donors (Lipinski definition) is 0. The van der Waals surface area contributed by atoms with Gasteiger partial charge < -0.3 is 0 Å². The molecule has 7 nitrogen and oxygen atoms in total. The molecule has 1 saturated heterocycles. The minimum absolute atomic E-state index is 0.00330. The Morgan fingerprint density at radius 1 is 1.12 bits per heavy atom. The predicted octanol–water partition coefficient (Wildman–Crippen LogP) is 4.33. The second-order valence-corrected chi connectivity index (χ2v) is 10.8. The Morgan fingerprint density at radius 3 is 2.24 bits per heavy atom. The second-order valence-electron chi connectivity index (χ2n) is 8.83. The number of halogens is 3. The van der Waals surface area contributed by atoms with E-state index in [4.69, 9.17) is 0 Å². The lowest BCUT2D eigenvalue weighted by Gasteiger charge is -2.23. The number of urea groups is 1. The van der Waals surface area contributed by atoms with Gasteiger partial charge in [0.05, 0.1) is 10.6 Å². The van der Waals surface area contributed by atoms with E-state index in [9.17, 15) is 31.2 Å². The first-order valence-corrected chi connectivity index (χ1v) is 11.8. The van der Waals surface area contributed by atoms with Crippen LogP contribution < -0.4 is 9.80 Å². The maximum Gasteiger partial charge on any atom is 0.501 e. The molecular formula is C22H22F3N3O4S. The molecule has 0 radical (unpaired) electrons. The van der Waals surface area contributed by atoms with E-state index < -0.39 is 37.7 Å². The van der Waals surface area contributed by atoms with Crippen LogP contribution >= 0.6 is 0 Å². The minimum Gasteiger partial charge on any atom is -0.278 e. The summed E-state index contributed by atoms with van der Waals surface area (Å²) >= 11 is 0. The molecule has 2 unspecified atom stereocenters. The van der Waals surface area contributed by atoms with Crippen molar-refractivity contribution >= 4 is 33.2 Å². The second kappa shape index (κ2) is 7.54. The summed E-state index contributed by atoms with van der Waals surface area (Å²) in [4.78, 5) is 32.4. The zero-order valence-electron chi connectivity index (χ0n) is 18.1. The Labute approximate surface area is 189 Å². The molecular weight excluding hydrogens is 459 g/mol. The highest BCUT2D eigenvalue weighted by atomic mass is 32.2. The van der Waals surface area contributed by atoms with E-state index in [0.717, 1.165) is 34.9 Å². The molecule has 1 aliphatic carbocycles. The van der Waals surface area contributed by atoms with Gasteiger partial charge in [-0.15, -0.1) is 0 Å². The average Bonchev–Trinajstić information content (AvgIpc) is 3.32. The minimum atomic E-state index is -5.54. The van der Waals surface area contributed by atoms with Crippen molar-refractivity contribution < 1.29 is 31.2 Å². The van der Waals surface area contributed by atoms with Crippen molar-refractivity contribution in [3.05, 3.63) is 48.3 Å². The van der Waals surface area contributed by atoms with Crippen molar-refractivity contribution in [3.8, 4) is 0 Å². The summed E-state index contributed by atoms with van der Waals surface area (Å²) in [6.07, 6.45) is 2.70. The molecule has 1 aromatic carbocycles. The van der Waals surface area contributed by atoms with Crippen LogP contribution in [0, 0.1) is 11.8 Å². The molecule has 33 heavy (non-hydrogen) atoms. The number of nitrogens with zero attached hydrogens (tertiary/aromatic N) is 3. The van der Waals surface area contributed by atoms with Crippen molar-refractivity contribution in [1.82, 2.24) is 4.98 Å². The summed E-state index contributed by atoms with van der Waals surface area (Å²) in [5.41, 5.74) is -5.24. The molecule has 2 fully saturated rings. The number of hydrogen-bond acceptors (Lipinski definition) is 5. The number of carbonyl (C=O) groups is 2. The summed E-state index contributed by atoms with van der Waals surface area (Å²) in [7, 11) is -5.54. The Balaban J connectivity index is 1.71. The number of alkyl halides is 3. The van der Waals surface area contributed by atoms with Crippen molar-refractivity contribution in [1.29, 1.82) is 0 Å². The first-order valence-electron chi connectivity index (χ1n) is 10.4. The Bertz CT molecular complexity index is 1230. The molecule has 176 valence electrons. The van der Waals surface area contributed by atoms with Crippen LogP contribution in [-0.2, 0) is 21.1 Å². The third-order valence-electron chi connectivity index (χ3n) is 6.01. The zero-order valence-corrected chi connectivity index (χ0v) is 18.9. The number of sulfone groups is 1. The van der Waals surface area contributed by atoms with E-state index in [2.05, 4.69) is 4.98 Å². The number of rotatable bonds is 5. The van der Waals surface area contributed by atoms with Crippen LogP contribution in [0.4, 0.5) is 29.3 Å². The van der Waals surface area contributed by atoms with Gasteiger partial charge in [-0.3, -0.25) is 14.7 Å². The summed E-state index contributed by atoms with van der Waals surface area (Å²) in [5.74, 6) is -0.278. The highest BCUT2D eigenvalue weighted by Gasteiger charge is 2.70. The molecule has 0 N–H and O–H groups in total. The summed E-state index contributed by atoms with van der Waals surface area (Å²) < 4.78 is 61.7. The molecule has 2 aliphatic rings. The first-order chi connectivity index (χ1) is 15.3.